The van der Waals surface area contributed by atoms with Gasteiger partial charge in [-0.05, 0) is 0 Å². The smallest absolute Gasteiger partial charge is 0.243 e. The third-order valence-corrected chi connectivity index (χ3v) is 3.07. The lowest BCUT2D eigenvalue weighted by Crippen LogP contribution is -2.62. The number of nitrogens with one attached hydrogen (secondary N) is 2. The van der Waals surface area contributed by atoms with Crippen LogP contribution in [0, 0.1) is 0 Å². The highest BCUT2D eigenvalue weighted by atomic mass is 16.6. The lowest BCUT2D eigenvalue weighted by molar-refractivity contribution is -0.137. The van der Waals surface area contributed by atoms with Crippen LogP contribution in [0.3, 0.4) is 0 Å². The number of carbonyl (C=O) groups is 2. The van der Waals surface area contributed by atoms with Crippen molar-refractivity contribution < 1.29 is 19.1 Å². The van der Waals surface area contributed by atoms with E-state index in [0.29, 0.717) is 26.1 Å². The number of hydrogen-bond acceptors (Lipinski definition) is 4. The predicted octanol–water partition coefficient (Wildman–Crippen LogP) is -1.45. The topological polar surface area (TPSA) is 83.3 Å². The first-order valence-electron chi connectivity index (χ1n) is 5.56. The molecule has 0 saturated carbocycles. The fourth-order valence-electron chi connectivity index (χ4n) is 1.94. The van der Waals surface area contributed by atoms with Crippen molar-refractivity contribution in [1.82, 2.24) is 10.6 Å². The summed E-state index contributed by atoms with van der Waals surface area (Å²) < 4.78 is 10.1. The summed E-state index contributed by atoms with van der Waals surface area (Å²) in [6.45, 7) is 1.39. The van der Waals surface area contributed by atoms with Gasteiger partial charge in [-0.15, -0.1) is 0 Å². The minimum atomic E-state index is -0.434. The molecule has 6 nitrogen and oxygen atoms in total. The third kappa shape index (κ3) is 2.17. The number of amides is 2. The van der Waals surface area contributed by atoms with Crippen LogP contribution in [-0.2, 0) is 19.1 Å². The molecule has 0 aromatic rings. The molecular formula is C10H14N2O4. The van der Waals surface area contributed by atoms with Crippen LogP contribution >= 0.6 is 0 Å². The van der Waals surface area contributed by atoms with E-state index in [1.807, 2.05) is 0 Å². The molecule has 3 saturated heterocycles. The minimum Gasteiger partial charge on any atom is -0.373 e. The van der Waals surface area contributed by atoms with Gasteiger partial charge < -0.3 is 20.1 Å². The zero-order valence-corrected chi connectivity index (χ0v) is 8.77. The van der Waals surface area contributed by atoms with Crippen molar-refractivity contribution in [2.75, 3.05) is 13.2 Å². The Balaban J connectivity index is 1.57. The van der Waals surface area contributed by atoms with Crippen LogP contribution < -0.4 is 10.6 Å². The first-order chi connectivity index (χ1) is 7.72. The van der Waals surface area contributed by atoms with E-state index in [-0.39, 0.29) is 24.0 Å². The van der Waals surface area contributed by atoms with Gasteiger partial charge in [-0.1, -0.05) is 0 Å². The molecule has 3 aliphatic heterocycles. The highest BCUT2D eigenvalue weighted by Crippen LogP contribution is 2.20. The Kier molecular flexibility index (Phi) is 2.33. The Hall–Kier alpha value is -1.14. The molecule has 4 atom stereocenters. The summed E-state index contributed by atoms with van der Waals surface area (Å²) in [7, 11) is 0. The SMILES string of the molecule is O=C1NC(CC2CO2)C(=O)NC1CC1CO1. The van der Waals surface area contributed by atoms with Gasteiger partial charge in [0.2, 0.25) is 11.8 Å². The zero-order valence-electron chi connectivity index (χ0n) is 8.77. The average Bonchev–Trinajstić information content (AvgIpc) is 3.08. The lowest BCUT2D eigenvalue weighted by atomic mass is 10.0. The first-order valence-corrected chi connectivity index (χ1v) is 5.56. The van der Waals surface area contributed by atoms with E-state index in [2.05, 4.69) is 10.6 Å². The van der Waals surface area contributed by atoms with Gasteiger partial charge in [-0.2, -0.15) is 0 Å². The lowest BCUT2D eigenvalue weighted by Gasteiger charge is -2.29. The molecule has 16 heavy (non-hydrogen) atoms. The fourth-order valence-corrected chi connectivity index (χ4v) is 1.94. The highest BCUT2D eigenvalue weighted by Gasteiger charge is 2.40. The van der Waals surface area contributed by atoms with Crippen LogP contribution in [0.15, 0.2) is 0 Å². The maximum Gasteiger partial charge on any atom is 0.243 e. The highest BCUT2D eigenvalue weighted by molar-refractivity contribution is 5.96. The minimum absolute atomic E-state index is 0.110. The van der Waals surface area contributed by atoms with Crippen molar-refractivity contribution in [3.8, 4) is 0 Å². The average molecular weight is 226 g/mol. The van der Waals surface area contributed by atoms with E-state index in [9.17, 15) is 9.59 Å². The normalized spacial score (nSPS) is 41.2. The number of hydrogen-bond donors (Lipinski definition) is 2. The third-order valence-electron chi connectivity index (χ3n) is 3.07. The Morgan fingerprint density at radius 2 is 1.31 bits per heavy atom. The number of piperazine rings is 1. The van der Waals surface area contributed by atoms with Crippen LogP contribution in [0.4, 0.5) is 0 Å². The van der Waals surface area contributed by atoms with E-state index >= 15 is 0 Å². The van der Waals surface area contributed by atoms with Gasteiger partial charge in [0.1, 0.15) is 12.1 Å². The summed E-state index contributed by atoms with van der Waals surface area (Å²) in [4.78, 5) is 23.4. The first kappa shape index (κ1) is 10.0. The van der Waals surface area contributed by atoms with E-state index < -0.39 is 12.1 Å². The van der Waals surface area contributed by atoms with Crippen molar-refractivity contribution in [2.24, 2.45) is 0 Å². The molecule has 2 N–H and O–H groups in total. The number of carbonyl (C=O) groups excluding carboxylic acids is 2. The van der Waals surface area contributed by atoms with Gasteiger partial charge in [0.25, 0.3) is 0 Å². The van der Waals surface area contributed by atoms with Crippen LogP contribution in [0.1, 0.15) is 12.8 Å². The summed E-state index contributed by atoms with van der Waals surface area (Å²) in [5.74, 6) is -0.221. The van der Waals surface area contributed by atoms with E-state index in [0.717, 1.165) is 0 Å². The Morgan fingerprint density at radius 1 is 0.938 bits per heavy atom. The van der Waals surface area contributed by atoms with Crippen molar-refractivity contribution in [1.29, 1.82) is 0 Å². The van der Waals surface area contributed by atoms with Crippen LogP contribution in [-0.4, -0.2) is 49.3 Å². The number of ether oxygens (including phenoxy) is 2. The second-order valence-corrected chi connectivity index (χ2v) is 4.50. The van der Waals surface area contributed by atoms with Crippen molar-refractivity contribution in [3.05, 3.63) is 0 Å². The Labute approximate surface area is 92.7 Å². The van der Waals surface area contributed by atoms with Gasteiger partial charge in [-0.25, -0.2) is 0 Å². The molecule has 6 heteroatoms. The van der Waals surface area contributed by atoms with Crippen molar-refractivity contribution >= 4 is 11.8 Å². The van der Waals surface area contributed by atoms with Crippen LogP contribution in [0.5, 0.6) is 0 Å². The standard InChI is InChI=1S/C10H14N2O4/c13-9-7(1-5-3-15-5)11-10(14)8(12-9)2-6-4-16-6/h5-8H,1-4H2,(H,11,14)(H,12,13). The van der Waals surface area contributed by atoms with Crippen LogP contribution in [0.2, 0.25) is 0 Å². The van der Waals surface area contributed by atoms with Gasteiger partial charge in [0.15, 0.2) is 0 Å². The molecule has 2 amide bonds. The maximum absolute atomic E-state index is 11.7. The molecule has 3 fully saturated rings. The van der Waals surface area contributed by atoms with Gasteiger partial charge in [-0.3, -0.25) is 9.59 Å². The monoisotopic (exact) mass is 226 g/mol. The summed E-state index contributed by atoms with van der Waals surface area (Å²) in [6, 6.07) is -0.868. The molecule has 3 heterocycles. The summed E-state index contributed by atoms with van der Waals surface area (Å²) in [5.41, 5.74) is 0. The number of epoxide rings is 2. The molecule has 0 aromatic heterocycles. The maximum atomic E-state index is 11.7. The molecule has 4 unspecified atom stereocenters. The Morgan fingerprint density at radius 3 is 1.62 bits per heavy atom. The molecule has 0 spiro atoms. The van der Waals surface area contributed by atoms with Crippen molar-refractivity contribution in [3.63, 3.8) is 0 Å². The summed E-state index contributed by atoms with van der Waals surface area (Å²) >= 11 is 0. The van der Waals surface area contributed by atoms with Gasteiger partial charge >= 0.3 is 0 Å². The molecule has 0 radical (unpaired) electrons. The number of rotatable bonds is 4. The molecule has 3 rings (SSSR count). The summed E-state index contributed by atoms with van der Waals surface area (Å²) in [6.07, 6.45) is 1.42. The Bertz CT molecular complexity index is 293. The molecule has 3 aliphatic rings. The molecule has 0 aromatic carbocycles. The van der Waals surface area contributed by atoms with Gasteiger partial charge in [0, 0.05) is 12.8 Å². The van der Waals surface area contributed by atoms with Gasteiger partial charge in [0.05, 0.1) is 25.4 Å². The van der Waals surface area contributed by atoms with E-state index in [4.69, 9.17) is 9.47 Å². The zero-order chi connectivity index (χ0) is 11.1. The fraction of sp³-hybridized carbons (Fsp3) is 0.800. The molecule has 0 aliphatic carbocycles. The van der Waals surface area contributed by atoms with E-state index in [1.165, 1.54) is 0 Å². The largest absolute Gasteiger partial charge is 0.373 e. The quantitative estimate of drug-likeness (QED) is 0.574. The van der Waals surface area contributed by atoms with Crippen LogP contribution in [0.25, 0.3) is 0 Å². The predicted molar refractivity (Wildman–Crippen MR) is 52.6 cm³/mol. The molecule has 88 valence electrons. The molecule has 0 bridgehead atoms. The second-order valence-electron chi connectivity index (χ2n) is 4.50. The second kappa shape index (κ2) is 3.71. The van der Waals surface area contributed by atoms with E-state index in [1.54, 1.807) is 0 Å². The summed E-state index contributed by atoms with van der Waals surface area (Å²) in [5, 5.41) is 5.47. The molecular weight excluding hydrogens is 212 g/mol. The van der Waals surface area contributed by atoms with Crippen molar-refractivity contribution in [2.45, 2.75) is 37.1 Å².